The van der Waals surface area contributed by atoms with E-state index in [1.807, 2.05) is 0 Å². The van der Waals surface area contributed by atoms with Crippen LogP contribution >= 0.6 is 0 Å². The van der Waals surface area contributed by atoms with Crippen LogP contribution in [0, 0.1) is 0 Å². The molecule has 0 heterocycles. The lowest BCUT2D eigenvalue weighted by Crippen LogP contribution is -2.59. The summed E-state index contributed by atoms with van der Waals surface area (Å²) in [5.41, 5.74) is 0. The van der Waals surface area contributed by atoms with Gasteiger partial charge in [0.05, 0.1) is 0 Å². The van der Waals surface area contributed by atoms with Crippen LogP contribution in [0.4, 0.5) is 0 Å². The normalized spacial score (nSPS) is 11.9. The van der Waals surface area contributed by atoms with E-state index in [4.69, 9.17) is 4.12 Å². The Labute approximate surface area is 152 Å². The lowest BCUT2D eigenvalue weighted by Gasteiger charge is -2.30. The van der Waals surface area contributed by atoms with Gasteiger partial charge in [-0.2, -0.15) is 0 Å². The van der Waals surface area contributed by atoms with E-state index < -0.39 is 8.32 Å². The number of hydrogen-bond acceptors (Lipinski definition) is 1. The van der Waals surface area contributed by atoms with Gasteiger partial charge in [0.15, 0.2) is 0 Å². The van der Waals surface area contributed by atoms with Crippen molar-refractivity contribution >= 4 is 50.0 Å². The van der Waals surface area contributed by atoms with Gasteiger partial charge in [-0.15, -0.1) is 0 Å². The summed E-state index contributed by atoms with van der Waals surface area (Å²) in [6.07, 6.45) is 0. The van der Waals surface area contributed by atoms with E-state index in [1.165, 1.54) is 31.9 Å². The molecule has 25 heavy (non-hydrogen) atoms. The summed E-state index contributed by atoms with van der Waals surface area (Å²) >= 11 is 0. The van der Waals surface area contributed by atoms with Crippen molar-refractivity contribution in [3.05, 3.63) is 84.9 Å². The van der Waals surface area contributed by atoms with E-state index in [0.717, 1.165) is 0 Å². The van der Waals surface area contributed by atoms with Crippen molar-refractivity contribution < 1.29 is 4.12 Å². The van der Waals surface area contributed by atoms with Crippen molar-refractivity contribution in [2.24, 2.45) is 0 Å². The molecule has 4 rings (SSSR count). The van der Waals surface area contributed by atoms with Gasteiger partial charge in [-0.05, 0) is 45.0 Å². The topological polar surface area (TPSA) is 9.23 Å². The molecule has 2 radical (unpaired) electrons. The molecule has 4 aromatic carbocycles. The van der Waals surface area contributed by atoms with Crippen LogP contribution in [0.2, 0.25) is 13.1 Å². The molecule has 0 aromatic heterocycles. The summed E-state index contributed by atoms with van der Waals surface area (Å²) in [7, 11) is -1.85. The zero-order valence-corrected chi connectivity index (χ0v) is 16.5. The minimum Gasteiger partial charge on any atom is -0.450 e. The average Bonchev–Trinajstić information content (AvgIpc) is 2.67. The molecule has 0 unspecified atom stereocenters. The third kappa shape index (κ3) is 2.74. The number of fused-ring (bicyclic) bond motifs is 2. The zero-order chi connectivity index (χ0) is 17.3. The molecule has 0 N–H and O–H groups in total. The highest BCUT2D eigenvalue weighted by molar-refractivity contribution is 7.01. The van der Waals surface area contributed by atoms with Crippen LogP contribution < -0.4 is 10.4 Å². The summed E-state index contributed by atoms with van der Waals surface area (Å²) in [4.78, 5) is 0. The highest BCUT2D eigenvalue weighted by Crippen LogP contribution is 2.20. The Morgan fingerprint density at radius 2 is 1.08 bits per heavy atom. The van der Waals surface area contributed by atoms with Crippen LogP contribution in [0.15, 0.2) is 84.9 Å². The smallest absolute Gasteiger partial charge is 0.242 e. The third-order valence-electron chi connectivity index (χ3n) is 4.91. The largest absolute Gasteiger partial charge is 0.450 e. The standard InChI is InChI=1S/C22H20OSi2/c1-24-23-25(2,21-15-7-11-17-9-3-5-13-19(17)21)22-16-8-12-18-10-4-6-14-20(18)22/h3-16H,1-2H3. The minimum atomic E-state index is -2.32. The Bertz CT molecular complexity index is 952. The van der Waals surface area contributed by atoms with Gasteiger partial charge in [0.1, 0.15) is 0 Å². The lowest BCUT2D eigenvalue weighted by molar-refractivity contribution is 0.619. The van der Waals surface area contributed by atoms with Crippen molar-refractivity contribution in [1.29, 1.82) is 0 Å². The predicted octanol–water partition coefficient (Wildman–Crippen LogP) is 4.37. The van der Waals surface area contributed by atoms with Gasteiger partial charge in [0, 0.05) is 0 Å². The second kappa shape index (κ2) is 6.60. The fourth-order valence-electron chi connectivity index (χ4n) is 3.74. The van der Waals surface area contributed by atoms with Gasteiger partial charge >= 0.3 is 0 Å². The van der Waals surface area contributed by atoms with Gasteiger partial charge in [-0.25, -0.2) is 0 Å². The van der Waals surface area contributed by atoms with Gasteiger partial charge in [0.2, 0.25) is 18.1 Å². The number of benzene rings is 4. The monoisotopic (exact) mass is 356 g/mol. The zero-order valence-electron chi connectivity index (χ0n) is 14.5. The average molecular weight is 357 g/mol. The first-order chi connectivity index (χ1) is 12.2. The van der Waals surface area contributed by atoms with E-state index in [9.17, 15) is 0 Å². The van der Waals surface area contributed by atoms with Crippen LogP contribution in [0.3, 0.4) is 0 Å². The Balaban J connectivity index is 2.05. The quantitative estimate of drug-likeness (QED) is 0.494. The van der Waals surface area contributed by atoms with Gasteiger partial charge in [-0.3, -0.25) is 0 Å². The molecule has 0 spiro atoms. The van der Waals surface area contributed by atoms with Crippen molar-refractivity contribution in [2.75, 3.05) is 0 Å². The summed E-state index contributed by atoms with van der Waals surface area (Å²) < 4.78 is 6.58. The predicted molar refractivity (Wildman–Crippen MR) is 111 cm³/mol. The first-order valence-corrected chi connectivity index (χ1v) is 12.4. The summed E-state index contributed by atoms with van der Waals surface area (Å²) in [6.45, 7) is 4.47. The fraction of sp³-hybridized carbons (Fsp3) is 0.0909. The molecular weight excluding hydrogens is 336 g/mol. The van der Waals surface area contributed by atoms with E-state index in [0.29, 0.717) is 9.76 Å². The molecule has 0 aliphatic heterocycles. The molecule has 0 aliphatic rings. The Kier molecular flexibility index (Phi) is 4.29. The summed E-state index contributed by atoms with van der Waals surface area (Å²) in [5.74, 6) is 0. The van der Waals surface area contributed by atoms with E-state index >= 15 is 0 Å². The van der Waals surface area contributed by atoms with Crippen LogP contribution in [-0.4, -0.2) is 18.1 Å². The van der Waals surface area contributed by atoms with Crippen LogP contribution in [0.5, 0.6) is 0 Å². The van der Waals surface area contributed by atoms with Crippen molar-refractivity contribution in [1.82, 2.24) is 0 Å². The first-order valence-electron chi connectivity index (χ1n) is 8.55. The molecule has 1 nitrogen and oxygen atoms in total. The third-order valence-corrected chi connectivity index (χ3v) is 10.3. The van der Waals surface area contributed by atoms with Crippen molar-refractivity contribution in [2.45, 2.75) is 13.1 Å². The molecule has 4 aromatic rings. The molecule has 0 saturated heterocycles. The van der Waals surface area contributed by atoms with Crippen molar-refractivity contribution in [3.8, 4) is 0 Å². The van der Waals surface area contributed by atoms with Crippen LogP contribution in [0.1, 0.15) is 0 Å². The maximum Gasteiger partial charge on any atom is 0.242 e. The van der Waals surface area contributed by atoms with E-state index in [1.54, 1.807) is 0 Å². The SMILES string of the molecule is C[Si]O[Si](C)(c1cccc2ccccc12)c1cccc2ccccc12. The molecule has 0 amide bonds. The highest BCUT2D eigenvalue weighted by atomic mass is 28.4. The first kappa shape index (κ1) is 16.3. The van der Waals surface area contributed by atoms with Gasteiger partial charge < -0.3 is 4.12 Å². The number of rotatable bonds is 4. The molecule has 0 saturated carbocycles. The van der Waals surface area contributed by atoms with E-state index in [2.05, 4.69) is 98.0 Å². The molecule has 0 bridgehead atoms. The molecule has 0 fully saturated rings. The summed E-state index contributed by atoms with van der Waals surface area (Å²) in [5, 5.41) is 7.90. The molecule has 122 valence electrons. The molecule has 0 aliphatic carbocycles. The molecule has 3 heteroatoms. The Morgan fingerprint density at radius 3 is 1.56 bits per heavy atom. The Hall–Kier alpha value is -2.21. The van der Waals surface area contributed by atoms with Crippen LogP contribution in [-0.2, 0) is 4.12 Å². The fourth-order valence-corrected chi connectivity index (χ4v) is 8.86. The van der Waals surface area contributed by atoms with E-state index in [-0.39, 0.29) is 0 Å². The minimum absolute atomic E-state index is 0.464. The molecular formula is C22H20OSi2. The van der Waals surface area contributed by atoms with Crippen molar-refractivity contribution in [3.63, 3.8) is 0 Å². The number of hydrogen-bond donors (Lipinski definition) is 0. The lowest BCUT2D eigenvalue weighted by atomic mass is 10.1. The highest BCUT2D eigenvalue weighted by Gasteiger charge is 2.36. The summed E-state index contributed by atoms with van der Waals surface area (Å²) in [6, 6.07) is 30.5. The van der Waals surface area contributed by atoms with Gasteiger partial charge in [-0.1, -0.05) is 84.9 Å². The maximum atomic E-state index is 6.58. The maximum absolute atomic E-state index is 6.58. The second-order valence-corrected chi connectivity index (χ2v) is 10.8. The van der Waals surface area contributed by atoms with Crippen LogP contribution in [0.25, 0.3) is 21.5 Å². The second-order valence-electron chi connectivity index (χ2n) is 6.39. The Morgan fingerprint density at radius 1 is 0.640 bits per heavy atom. The molecule has 0 atom stereocenters. The van der Waals surface area contributed by atoms with Gasteiger partial charge in [0.25, 0.3) is 0 Å².